The topological polar surface area (TPSA) is 52.4 Å². The van der Waals surface area contributed by atoms with Crippen LogP contribution in [0, 0.1) is 16.0 Å². The van der Waals surface area contributed by atoms with Crippen LogP contribution in [-0.4, -0.2) is 17.6 Å². The zero-order valence-corrected chi connectivity index (χ0v) is 5.80. The summed E-state index contributed by atoms with van der Waals surface area (Å²) in [6.07, 6.45) is 0. The molecular weight excluding hydrogens is 146 g/mol. The van der Waals surface area contributed by atoms with E-state index < -0.39 is 5.09 Å². The molecule has 0 heterocycles. The highest BCUT2D eigenvalue weighted by molar-refractivity contribution is 6.18. The molecule has 0 radical (unpaired) electrons. The maximum absolute atomic E-state index is 9.56. The van der Waals surface area contributed by atoms with E-state index in [2.05, 4.69) is 4.84 Å². The SMILES string of the molecule is CC(CCl)CO[N+](=O)[O-]. The summed E-state index contributed by atoms with van der Waals surface area (Å²) in [7, 11) is 0. The van der Waals surface area contributed by atoms with Crippen LogP contribution < -0.4 is 0 Å². The Labute approximate surface area is 57.9 Å². The fourth-order valence-electron chi connectivity index (χ4n) is 0.233. The van der Waals surface area contributed by atoms with Gasteiger partial charge in [-0.05, 0) is 5.92 Å². The molecule has 0 fully saturated rings. The Balaban J connectivity index is 3.16. The molecule has 0 bridgehead atoms. The van der Waals surface area contributed by atoms with Crippen molar-refractivity contribution in [1.29, 1.82) is 0 Å². The average Bonchev–Trinajstić information content (AvgIpc) is 1.83. The van der Waals surface area contributed by atoms with Gasteiger partial charge in [0.1, 0.15) is 6.61 Å². The smallest absolute Gasteiger partial charge is 0.294 e. The van der Waals surface area contributed by atoms with E-state index in [0.29, 0.717) is 5.88 Å². The lowest BCUT2D eigenvalue weighted by atomic mass is 10.2. The van der Waals surface area contributed by atoms with E-state index in [0.717, 1.165) is 0 Å². The summed E-state index contributed by atoms with van der Waals surface area (Å²) in [5, 5.41) is 8.74. The zero-order valence-electron chi connectivity index (χ0n) is 5.04. The van der Waals surface area contributed by atoms with Gasteiger partial charge in [0.05, 0.1) is 0 Å². The highest BCUT2D eigenvalue weighted by atomic mass is 35.5. The first kappa shape index (κ1) is 8.49. The summed E-state index contributed by atoms with van der Waals surface area (Å²) < 4.78 is 0. The van der Waals surface area contributed by atoms with Crippen LogP contribution in [0.1, 0.15) is 6.92 Å². The van der Waals surface area contributed by atoms with Gasteiger partial charge >= 0.3 is 0 Å². The summed E-state index contributed by atoms with van der Waals surface area (Å²) in [5.41, 5.74) is 0. The number of hydrogen-bond donors (Lipinski definition) is 0. The number of alkyl halides is 1. The summed E-state index contributed by atoms with van der Waals surface area (Å²) in [6.45, 7) is 1.85. The summed E-state index contributed by atoms with van der Waals surface area (Å²) in [6, 6.07) is 0. The number of halogens is 1. The predicted molar refractivity (Wildman–Crippen MR) is 32.8 cm³/mol. The van der Waals surface area contributed by atoms with E-state index in [1.165, 1.54) is 0 Å². The molecule has 1 unspecified atom stereocenters. The van der Waals surface area contributed by atoms with Crippen LogP contribution in [0.2, 0.25) is 0 Å². The fourth-order valence-corrected chi connectivity index (χ4v) is 0.322. The lowest BCUT2D eigenvalue weighted by Crippen LogP contribution is -2.10. The molecule has 4 nitrogen and oxygen atoms in total. The first-order valence-corrected chi connectivity index (χ1v) is 3.03. The predicted octanol–water partition coefficient (Wildman–Crippen LogP) is 1.07. The highest BCUT2D eigenvalue weighted by Crippen LogP contribution is 1.97. The molecule has 0 aliphatic carbocycles. The van der Waals surface area contributed by atoms with E-state index in [-0.39, 0.29) is 12.5 Å². The van der Waals surface area contributed by atoms with Gasteiger partial charge in [0, 0.05) is 5.88 Å². The van der Waals surface area contributed by atoms with Crippen molar-refractivity contribution in [2.75, 3.05) is 12.5 Å². The summed E-state index contributed by atoms with van der Waals surface area (Å²) in [5.74, 6) is 0.422. The molecule has 0 aliphatic heterocycles. The van der Waals surface area contributed by atoms with Crippen molar-refractivity contribution in [3.05, 3.63) is 10.1 Å². The molecule has 0 aromatic carbocycles. The van der Waals surface area contributed by atoms with Crippen molar-refractivity contribution in [2.45, 2.75) is 6.92 Å². The van der Waals surface area contributed by atoms with E-state index in [1.807, 2.05) is 0 Å². The molecule has 54 valence electrons. The summed E-state index contributed by atoms with van der Waals surface area (Å²) >= 11 is 5.33. The quantitative estimate of drug-likeness (QED) is 0.345. The first-order chi connectivity index (χ1) is 4.16. The standard InChI is InChI=1S/C4H8ClNO3/c1-4(2-5)3-9-6(7)8/h4H,2-3H2,1H3. The van der Waals surface area contributed by atoms with Crippen molar-refractivity contribution in [2.24, 2.45) is 5.92 Å². The van der Waals surface area contributed by atoms with Gasteiger partial charge in [-0.3, -0.25) is 0 Å². The van der Waals surface area contributed by atoms with Crippen LogP contribution in [0.15, 0.2) is 0 Å². The zero-order chi connectivity index (χ0) is 7.28. The van der Waals surface area contributed by atoms with Gasteiger partial charge in [0.15, 0.2) is 0 Å². The van der Waals surface area contributed by atoms with Gasteiger partial charge < -0.3 is 4.84 Å². The van der Waals surface area contributed by atoms with Gasteiger partial charge in [0.2, 0.25) is 0 Å². The lowest BCUT2D eigenvalue weighted by molar-refractivity contribution is -0.759. The normalized spacial score (nSPS) is 12.7. The van der Waals surface area contributed by atoms with Crippen molar-refractivity contribution in [3.63, 3.8) is 0 Å². The molecule has 0 spiro atoms. The molecule has 0 aliphatic rings. The molecule has 0 aromatic rings. The number of hydrogen-bond acceptors (Lipinski definition) is 3. The maximum atomic E-state index is 9.56. The third-order valence-electron chi connectivity index (χ3n) is 0.728. The van der Waals surface area contributed by atoms with Crippen molar-refractivity contribution in [1.82, 2.24) is 0 Å². The minimum absolute atomic E-state index is 0.0390. The third kappa shape index (κ3) is 5.36. The molecule has 0 aromatic heterocycles. The Bertz CT molecular complexity index is 97.8. The van der Waals surface area contributed by atoms with Crippen LogP contribution in [0.3, 0.4) is 0 Å². The monoisotopic (exact) mass is 153 g/mol. The van der Waals surface area contributed by atoms with Gasteiger partial charge in [-0.2, -0.15) is 0 Å². The van der Waals surface area contributed by atoms with E-state index in [9.17, 15) is 10.1 Å². The molecule has 9 heavy (non-hydrogen) atoms. The maximum Gasteiger partial charge on any atom is 0.294 e. The second-order valence-electron chi connectivity index (χ2n) is 1.78. The van der Waals surface area contributed by atoms with Gasteiger partial charge in [-0.15, -0.1) is 21.7 Å². The van der Waals surface area contributed by atoms with Crippen molar-refractivity contribution in [3.8, 4) is 0 Å². The first-order valence-electron chi connectivity index (χ1n) is 2.50. The molecule has 0 saturated heterocycles. The Morgan fingerprint density at radius 2 is 2.44 bits per heavy atom. The number of rotatable bonds is 4. The van der Waals surface area contributed by atoms with Crippen LogP contribution in [0.5, 0.6) is 0 Å². The fraction of sp³-hybridized carbons (Fsp3) is 1.00. The highest BCUT2D eigenvalue weighted by Gasteiger charge is 2.01. The second-order valence-corrected chi connectivity index (χ2v) is 2.09. The van der Waals surface area contributed by atoms with Gasteiger partial charge in [0.25, 0.3) is 5.09 Å². The Morgan fingerprint density at radius 1 is 1.89 bits per heavy atom. The molecule has 0 rings (SSSR count). The van der Waals surface area contributed by atoms with Crippen molar-refractivity contribution >= 4 is 11.6 Å². The van der Waals surface area contributed by atoms with Crippen LogP contribution in [-0.2, 0) is 4.84 Å². The average molecular weight is 154 g/mol. The molecule has 0 amide bonds. The van der Waals surface area contributed by atoms with Gasteiger partial charge in [-0.25, -0.2) is 0 Å². The lowest BCUT2D eigenvalue weighted by Gasteiger charge is -2.02. The minimum Gasteiger partial charge on any atom is -0.314 e. The van der Waals surface area contributed by atoms with Crippen molar-refractivity contribution < 1.29 is 9.92 Å². The van der Waals surface area contributed by atoms with E-state index in [4.69, 9.17) is 11.6 Å². The number of nitrogens with zero attached hydrogens (tertiary/aromatic N) is 1. The van der Waals surface area contributed by atoms with E-state index >= 15 is 0 Å². The van der Waals surface area contributed by atoms with Crippen LogP contribution in [0.25, 0.3) is 0 Å². The third-order valence-corrected chi connectivity index (χ3v) is 1.25. The molecular formula is C4H8ClNO3. The Hall–Kier alpha value is -0.510. The molecule has 5 heteroatoms. The Morgan fingerprint density at radius 3 is 2.78 bits per heavy atom. The van der Waals surface area contributed by atoms with Crippen LogP contribution >= 0.6 is 11.6 Å². The van der Waals surface area contributed by atoms with Gasteiger partial charge in [-0.1, -0.05) is 6.92 Å². The summed E-state index contributed by atoms with van der Waals surface area (Å²) in [4.78, 5) is 13.6. The molecule has 0 saturated carbocycles. The molecule has 0 N–H and O–H groups in total. The minimum atomic E-state index is -0.816. The second kappa shape index (κ2) is 4.38. The Kier molecular flexibility index (Phi) is 4.13. The van der Waals surface area contributed by atoms with Crippen LogP contribution in [0.4, 0.5) is 0 Å². The molecule has 1 atom stereocenters. The van der Waals surface area contributed by atoms with E-state index in [1.54, 1.807) is 6.92 Å². The largest absolute Gasteiger partial charge is 0.314 e.